The van der Waals surface area contributed by atoms with Gasteiger partial charge in [-0.3, -0.25) is 4.79 Å². The van der Waals surface area contributed by atoms with Crippen molar-refractivity contribution in [2.45, 2.75) is 59.0 Å². The molecular weight excluding hydrogens is 270 g/mol. The Bertz CT molecular complexity index is 360. The summed E-state index contributed by atoms with van der Waals surface area (Å²) in [6.07, 6.45) is 1.83. The molecule has 2 amide bonds. The molecule has 6 heteroatoms. The summed E-state index contributed by atoms with van der Waals surface area (Å²) in [6, 6.07) is -0.287. The summed E-state index contributed by atoms with van der Waals surface area (Å²) in [6.45, 7) is 10.3. The van der Waals surface area contributed by atoms with Crippen LogP contribution in [0.2, 0.25) is 0 Å². The van der Waals surface area contributed by atoms with Gasteiger partial charge in [0.05, 0.1) is 6.42 Å². The van der Waals surface area contributed by atoms with Crippen molar-refractivity contribution in [2.24, 2.45) is 5.41 Å². The Balaban J connectivity index is 2.71. The fourth-order valence-electron chi connectivity index (χ4n) is 2.67. The molecule has 1 aliphatic rings. The van der Waals surface area contributed by atoms with Crippen LogP contribution < -0.4 is 10.6 Å². The topological polar surface area (TPSA) is 81.7 Å². The van der Waals surface area contributed by atoms with Crippen LogP contribution in [0.4, 0.5) is 4.79 Å². The van der Waals surface area contributed by atoms with Crippen LogP contribution in [0.1, 0.15) is 47.0 Å². The van der Waals surface area contributed by atoms with Gasteiger partial charge in [-0.15, -0.1) is 0 Å². The molecule has 1 aliphatic heterocycles. The second-order valence-electron chi connectivity index (χ2n) is 6.73. The number of nitrogens with one attached hydrogen (secondary N) is 2. The van der Waals surface area contributed by atoms with Crippen LogP contribution in [0.5, 0.6) is 0 Å². The molecule has 3 N–H and O–H groups in total. The minimum absolute atomic E-state index is 0.0565. The van der Waals surface area contributed by atoms with Gasteiger partial charge in [-0.05, 0) is 38.3 Å². The number of hydrogen-bond donors (Lipinski definition) is 3. The van der Waals surface area contributed by atoms with E-state index in [1.165, 1.54) is 0 Å². The predicted octanol–water partition coefficient (Wildman–Crippen LogP) is 1.66. The summed E-state index contributed by atoms with van der Waals surface area (Å²) in [5.74, 6) is -0.889. The van der Waals surface area contributed by atoms with E-state index in [1.807, 2.05) is 32.6 Å². The molecule has 0 aromatic heterocycles. The van der Waals surface area contributed by atoms with E-state index in [2.05, 4.69) is 10.6 Å². The van der Waals surface area contributed by atoms with Crippen LogP contribution in [0.15, 0.2) is 0 Å². The molecule has 1 fully saturated rings. The quantitative estimate of drug-likeness (QED) is 0.721. The van der Waals surface area contributed by atoms with Gasteiger partial charge in [0.15, 0.2) is 0 Å². The lowest BCUT2D eigenvalue weighted by Crippen LogP contribution is -2.54. The zero-order valence-electron chi connectivity index (χ0n) is 13.6. The average Bonchev–Trinajstić information content (AvgIpc) is 2.38. The summed E-state index contributed by atoms with van der Waals surface area (Å²) >= 11 is 0. The maximum absolute atomic E-state index is 12.5. The number of amides is 2. The fraction of sp³-hybridized carbons (Fsp3) is 0.867. The smallest absolute Gasteiger partial charge is 0.317 e. The van der Waals surface area contributed by atoms with Crippen molar-refractivity contribution in [3.8, 4) is 0 Å². The molecule has 0 aliphatic carbocycles. The van der Waals surface area contributed by atoms with Crippen LogP contribution in [-0.4, -0.2) is 53.7 Å². The molecule has 21 heavy (non-hydrogen) atoms. The van der Waals surface area contributed by atoms with Gasteiger partial charge >= 0.3 is 12.0 Å². The molecule has 0 spiro atoms. The fourth-order valence-corrected chi connectivity index (χ4v) is 2.67. The highest BCUT2D eigenvalue weighted by Crippen LogP contribution is 2.22. The van der Waals surface area contributed by atoms with Gasteiger partial charge in [-0.25, -0.2) is 4.79 Å². The zero-order chi connectivity index (χ0) is 16.0. The van der Waals surface area contributed by atoms with Gasteiger partial charge < -0.3 is 20.6 Å². The Hall–Kier alpha value is -1.30. The van der Waals surface area contributed by atoms with Crippen LogP contribution >= 0.6 is 0 Å². The number of rotatable bonds is 5. The van der Waals surface area contributed by atoms with Gasteiger partial charge in [-0.1, -0.05) is 20.8 Å². The molecule has 1 heterocycles. The Morgan fingerprint density at radius 2 is 1.90 bits per heavy atom. The molecule has 1 rings (SSSR count). The van der Waals surface area contributed by atoms with Crippen LogP contribution in [0.3, 0.4) is 0 Å². The molecule has 6 nitrogen and oxygen atoms in total. The third-order valence-electron chi connectivity index (χ3n) is 4.07. The average molecular weight is 299 g/mol. The second-order valence-corrected chi connectivity index (χ2v) is 6.73. The van der Waals surface area contributed by atoms with E-state index >= 15 is 0 Å². The SMILES string of the molecule is CCN(C(=O)NC(CC(=O)O)C(C)(C)C)C1CCNCC1. The number of urea groups is 1. The summed E-state index contributed by atoms with van der Waals surface area (Å²) in [4.78, 5) is 25.4. The van der Waals surface area contributed by atoms with Gasteiger partial charge in [0.25, 0.3) is 0 Å². The number of carboxylic acids is 1. The monoisotopic (exact) mass is 299 g/mol. The molecule has 1 atom stereocenters. The van der Waals surface area contributed by atoms with Gasteiger partial charge in [0.2, 0.25) is 0 Å². The molecule has 122 valence electrons. The number of piperidine rings is 1. The van der Waals surface area contributed by atoms with Crippen molar-refractivity contribution in [1.82, 2.24) is 15.5 Å². The van der Waals surface area contributed by atoms with Gasteiger partial charge in [0.1, 0.15) is 0 Å². The number of hydrogen-bond acceptors (Lipinski definition) is 3. The van der Waals surface area contributed by atoms with Gasteiger partial charge in [0, 0.05) is 18.6 Å². The summed E-state index contributed by atoms with van der Waals surface area (Å²) in [5.41, 5.74) is -0.290. The van der Waals surface area contributed by atoms with E-state index in [4.69, 9.17) is 5.11 Å². The van der Waals surface area contributed by atoms with Crippen molar-refractivity contribution in [2.75, 3.05) is 19.6 Å². The third-order valence-corrected chi connectivity index (χ3v) is 4.07. The Morgan fingerprint density at radius 1 is 1.33 bits per heavy atom. The van der Waals surface area contributed by atoms with Crippen LogP contribution in [0.25, 0.3) is 0 Å². The first-order chi connectivity index (χ1) is 9.75. The van der Waals surface area contributed by atoms with Crippen molar-refractivity contribution in [3.05, 3.63) is 0 Å². The van der Waals surface area contributed by atoms with E-state index < -0.39 is 5.97 Å². The number of carbonyl (C=O) groups is 2. The van der Waals surface area contributed by atoms with Crippen molar-refractivity contribution >= 4 is 12.0 Å². The normalized spacial score (nSPS) is 18.1. The maximum Gasteiger partial charge on any atom is 0.317 e. The standard InChI is InChI=1S/C15H29N3O3/c1-5-18(11-6-8-16-9-7-11)14(21)17-12(10-13(19)20)15(2,3)4/h11-12,16H,5-10H2,1-4H3,(H,17,21)(H,19,20). The number of nitrogens with zero attached hydrogens (tertiary/aromatic N) is 1. The Labute approximate surface area is 127 Å². The molecule has 0 saturated carbocycles. The first-order valence-electron chi connectivity index (χ1n) is 7.75. The van der Waals surface area contributed by atoms with E-state index in [1.54, 1.807) is 0 Å². The largest absolute Gasteiger partial charge is 0.481 e. The molecule has 0 aromatic rings. The lowest BCUT2D eigenvalue weighted by molar-refractivity contribution is -0.138. The molecule has 0 bridgehead atoms. The van der Waals surface area contributed by atoms with E-state index in [0.29, 0.717) is 6.54 Å². The van der Waals surface area contributed by atoms with Gasteiger partial charge in [-0.2, -0.15) is 0 Å². The molecule has 0 aromatic carbocycles. The van der Waals surface area contributed by atoms with Crippen LogP contribution in [0, 0.1) is 5.41 Å². The van der Waals surface area contributed by atoms with Crippen molar-refractivity contribution < 1.29 is 14.7 Å². The van der Waals surface area contributed by atoms with E-state index in [9.17, 15) is 9.59 Å². The van der Waals surface area contributed by atoms with Crippen molar-refractivity contribution in [3.63, 3.8) is 0 Å². The third kappa shape index (κ3) is 5.53. The summed E-state index contributed by atoms with van der Waals surface area (Å²) < 4.78 is 0. The highest BCUT2D eigenvalue weighted by atomic mass is 16.4. The summed E-state index contributed by atoms with van der Waals surface area (Å²) in [5, 5.41) is 15.2. The number of aliphatic carboxylic acids is 1. The predicted molar refractivity (Wildman–Crippen MR) is 82.3 cm³/mol. The minimum Gasteiger partial charge on any atom is -0.481 e. The molecule has 1 saturated heterocycles. The lowest BCUT2D eigenvalue weighted by Gasteiger charge is -2.37. The summed E-state index contributed by atoms with van der Waals surface area (Å²) in [7, 11) is 0. The highest BCUT2D eigenvalue weighted by molar-refractivity contribution is 5.76. The Kier molecular flexibility index (Phi) is 6.45. The first kappa shape index (κ1) is 17.8. The van der Waals surface area contributed by atoms with Crippen LogP contribution in [-0.2, 0) is 4.79 Å². The second kappa shape index (κ2) is 7.64. The number of carbonyl (C=O) groups excluding carboxylic acids is 1. The van der Waals surface area contributed by atoms with Crippen molar-refractivity contribution in [1.29, 1.82) is 0 Å². The molecule has 0 radical (unpaired) electrons. The van der Waals surface area contributed by atoms with E-state index in [-0.39, 0.29) is 30.0 Å². The highest BCUT2D eigenvalue weighted by Gasteiger charge is 2.31. The number of carboxylic acid groups (broad SMARTS) is 1. The zero-order valence-corrected chi connectivity index (χ0v) is 13.6. The maximum atomic E-state index is 12.5. The first-order valence-corrected chi connectivity index (χ1v) is 7.75. The Morgan fingerprint density at radius 3 is 2.33 bits per heavy atom. The molecular formula is C15H29N3O3. The lowest BCUT2D eigenvalue weighted by atomic mass is 9.85. The van der Waals surface area contributed by atoms with E-state index in [0.717, 1.165) is 25.9 Å². The minimum atomic E-state index is -0.889. The molecule has 1 unspecified atom stereocenters.